The number of ether oxygens (including phenoxy) is 1. The van der Waals surface area contributed by atoms with Crippen molar-refractivity contribution in [3.8, 4) is 0 Å². The van der Waals surface area contributed by atoms with Gasteiger partial charge in [0.15, 0.2) is 0 Å². The molecule has 0 amide bonds. The second kappa shape index (κ2) is 6.35. The average Bonchev–Trinajstić information content (AvgIpc) is 2.42. The Labute approximate surface area is 111 Å². The fraction of sp³-hybridized carbons (Fsp3) is 0.625. The summed E-state index contributed by atoms with van der Waals surface area (Å²) in [6.45, 7) is 6.32. The summed E-state index contributed by atoms with van der Waals surface area (Å²) in [4.78, 5) is 0. The molecule has 2 heteroatoms. The molecule has 1 aliphatic rings. The number of aryl methyl sites for hydroxylation is 1. The van der Waals surface area contributed by atoms with E-state index < -0.39 is 0 Å². The SMILES string of the molecule is CCc1cccc(C(NC)C2CCOCC2C)c1. The first kappa shape index (κ1) is 13.6. The highest BCUT2D eigenvalue weighted by molar-refractivity contribution is 5.26. The first-order valence-electron chi connectivity index (χ1n) is 7.10. The molecule has 2 rings (SSSR count). The van der Waals surface area contributed by atoms with Crippen LogP contribution in [0.4, 0.5) is 0 Å². The van der Waals surface area contributed by atoms with Crippen LogP contribution >= 0.6 is 0 Å². The van der Waals surface area contributed by atoms with Gasteiger partial charge in [-0.05, 0) is 42.9 Å². The van der Waals surface area contributed by atoms with E-state index in [-0.39, 0.29) is 0 Å². The second-order valence-electron chi connectivity index (χ2n) is 5.37. The molecule has 0 aliphatic carbocycles. The molecule has 1 N–H and O–H groups in total. The molecule has 1 heterocycles. The topological polar surface area (TPSA) is 21.3 Å². The Morgan fingerprint density at radius 1 is 1.44 bits per heavy atom. The van der Waals surface area contributed by atoms with E-state index in [0.717, 1.165) is 26.1 Å². The van der Waals surface area contributed by atoms with Crippen LogP contribution in [0.1, 0.15) is 37.4 Å². The maximum absolute atomic E-state index is 5.56. The molecule has 1 aromatic carbocycles. The van der Waals surface area contributed by atoms with E-state index in [9.17, 15) is 0 Å². The van der Waals surface area contributed by atoms with Crippen molar-refractivity contribution in [1.82, 2.24) is 5.32 Å². The summed E-state index contributed by atoms with van der Waals surface area (Å²) in [5.41, 5.74) is 2.85. The predicted molar refractivity (Wildman–Crippen MR) is 75.7 cm³/mol. The van der Waals surface area contributed by atoms with Crippen LogP contribution in [0.5, 0.6) is 0 Å². The number of nitrogens with one attached hydrogen (secondary N) is 1. The first-order chi connectivity index (χ1) is 8.76. The van der Waals surface area contributed by atoms with Crippen molar-refractivity contribution in [3.63, 3.8) is 0 Å². The van der Waals surface area contributed by atoms with Gasteiger partial charge in [0.25, 0.3) is 0 Å². The lowest BCUT2D eigenvalue weighted by atomic mass is 9.80. The summed E-state index contributed by atoms with van der Waals surface area (Å²) in [5, 5.41) is 3.51. The standard InChI is InChI=1S/C16H25NO/c1-4-13-6-5-7-14(10-13)16(17-3)15-8-9-18-11-12(15)2/h5-7,10,12,15-17H,4,8-9,11H2,1-3H3. The molecule has 1 fully saturated rings. The van der Waals surface area contributed by atoms with Crippen LogP contribution in [0.15, 0.2) is 24.3 Å². The molecule has 1 saturated heterocycles. The Morgan fingerprint density at radius 3 is 2.94 bits per heavy atom. The number of rotatable bonds is 4. The van der Waals surface area contributed by atoms with Gasteiger partial charge in [-0.1, -0.05) is 38.1 Å². The lowest BCUT2D eigenvalue weighted by molar-refractivity contribution is 0.0115. The maximum Gasteiger partial charge on any atom is 0.0494 e. The van der Waals surface area contributed by atoms with E-state index >= 15 is 0 Å². The predicted octanol–water partition coefficient (Wildman–Crippen LogP) is 3.18. The van der Waals surface area contributed by atoms with E-state index in [2.05, 4.69) is 50.5 Å². The molecular weight excluding hydrogens is 222 g/mol. The lowest BCUT2D eigenvalue weighted by Crippen LogP contribution is -2.35. The highest BCUT2D eigenvalue weighted by atomic mass is 16.5. The molecule has 0 spiro atoms. The molecule has 1 aliphatic heterocycles. The Balaban J connectivity index is 2.20. The maximum atomic E-state index is 5.56. The van der Waals surface area contributed by atoms with Crippen LogP contribution in [0.2, 0.25) is 0 Å². The lowest BCUT2D eigenvalue weighted by Gasteiger charge is -2.35. The summed E-state index contributed by atoms with van der Waals surface area (Å²) in [7, 11) is 2.07. The fourth-order valence-electron chi connectivity index (χ4n) is 3.03. The van der Waals surface area contributed by atoms with Crippen molar-refractivity contribution >= 4 is 0 Å². The summed E-state index contributed by atoms with van der Waals surface area (Å²) in [6.07, 6.45) is 2.26. The van der Waals surface area contributed by atoms with Gasteiger partial charge >= 0.3 is 0 Å². The van der Waals surface area contributed by atoms with Crippen molar-refractivity contribution in [2.45, 2.75) is 32.7 Å². The fourth-order valence-corrected chi connectivity index (χ4v) is 3.03. The van der Waals surface area contributed by atoms with Gasteiger partial charge in [0.05, 0.1) is 0 Å². The zero-order chi connectivity index (χ0) is 13.0. The molecular formula is C16H25NO. The van der Waals surface area contributed by atoms with Crippen LogP contribution in [0.3, 0.4) is 0 Å². The zero-order valence-corrected chi connectivity index (χ0v) is 11.8. The van der Waals surface area contributed by atoms with Crippen molar-refractivity contribution in [2.75, 3.05) is 20.3 Å². The normalized spacial score (nSPS) is 25.9. The van der Waals surface area contributed by atoms with Crippen LogP contribution < -0.4 is 5.32 Å². The molecule has 1 aromatic rings. The Bertz CT molecular complexity index is 377. The molecule has 3 atom stereocenters. The minimum Gasteiger partial charge on any atom is -0.381 e. The van der Waals surface area contributed by atoms with Gasteiger partial charge in [-0.3, -0.25) is 0 Å². The van der Waals surface area contributed by atoms with Gasteiger partial charge in [-0.25, -0.2) is 0 Å². The van der Waals surface area contributed by atoms with Gasteiger partial charge in [0, 0.05) is 19.3 Å². The van der Waals surface area contributed by atoms with E-state index in [4.69, 9.17) is 4.74 Å². The third kappa shape index (κ3) is 2.93. The molecule has 0 bridgehead atoms. The van der Waals surface area contributed by atoms with Crippen molar-refractivity contribution < 1.29 is 4.74 Å². The van der Waals surface area contributed by atoms with Crippen molar-refractivity contribution in [1.29, 1.82) is 0 Å². The Morgan fingerprint density at radius 2 is 2.28 bits per heavy atom. The monoisotopic (exact) mass is 247 g/mol. The molecule has 0 radical (unpaired) electrons. The number of benzene rings is 1. The zero-order valence-electron chi connectivity index (χ0n) is 11.8. The molecule has 100 valence electrons. The van der Waals surface area contributed by atoms with Gasteiger partial charge in [0.2, 0.25) is 0 Å². The van der Waals surface area contributed by atoms with Crippen LogP contribution in [-0.2, 0) is 11.2 Å². The van der Waals surface area contributed by atoms with Gasteiger partial charge < -0.3 is 10.1 Å². The van der Waals surface area contributed by atoms with E-state index in [0.29, 0.717) is 17.9 Å². The highest BCUT2D eigenvalue weighted by Gasteiger charge is 2.29. The van der Waals surface area contributed by atoms with Gasteiger partial charge in [0.1, 0.15) is 0 Å². The third-order valence-electron chi connectivity index (χ3n) is 4.16. The van der Waals surface area contributed by atoms with E-state index in [1.54, 1.807) is 0 Å². The van der Waals surface area contributed by atoms with Crippen LogP contribution in [0, 0.1) is 11.8 Å². The summed E-state index contributed by atoms with van der Waals surface area (Å²) in [6, 6.07) is 9.45. The van der Waals surface area contributed by atoms with Crippen molar-refractivity contribution in [3.05, 3.63) is 35.4 Å². The average molecular weight is 247 g/mol. The van der Waals surface area contributed by atoms with Crippen molar-refractivity contribution in [2.24, 2.45) is 11.8 Å². The quantitative estimate of drug-likeness (QED) is 0.882. The minimum atomic E-state index is 0.454. The third-order valence-corrected chi connectivity index (χ3v) is 4.16. The number of hydrogen-bond acceptors (Lipinski definition) is 2. The first-order valence-corrected chi connectivity index (χ1v) is 7.10. The summed E-state index contributed by atoms with van der Waals surface area (Å²) < 4.78 is 5.56. The molecule has 0 aromatic heterocycles. The van der Waals surface area contributed by atoms with E-state index in [1.165, 1.54) is 11.1 Å². The summed E-state index contributed by atoms with van der Waals surface area (Å²) >= 11 is 0. The largest absolute Gasteiger partial charge is 0.381 e. The molecule has 3 unspecified atom stereocenters. The molecule has 0 saturated carbocycles. The highest BCUT2D eigenvalue weighted by Crippen LogP contribution is 2.33. The van der Waals surface area contributed by atoms with Crippen LogP contribution in [0.25, 0.3) is 0 Å². The Hall–Kier alpha value is -0.860. The number of hydrogen-bond donors (Lipinski definition) is 1. The van der Waals surface area contributed by atoms with Gasteiger partial charge in [-0.15, -0.1) is 0 Å². The smallest absolute Gasteiger partial charge is 0.0494 e. The summed E-state index contributed by atoms with van der Waals surface area (Å²) in [5.74, 6) is 1.30. The second-order valence-corrected chi connectivity index (χ2v) is 5.37. The Kier molecular flexibility index (Phi) is 4.79. The van der Waals surface area contributed by atoms with E-state index in [1.807, 2.05) is 0 Å². The molecule has 18 heavy (non-hydrogen) atoms. The van der Waals surface area contributed by atoms with Crippen LogP contribution in [-0.4, -0.2) is 20.3 Å². The van der Waals surface area contributed by atoms with Gasteiger partial charge in [-0.2, -0.15) is 0 Å². The minimum absolute atomic E-state index is 0.454. The molecule has 2 nitrogen and oxygen atoms in total.